The molecule has 0 spiro atoms. The van der Waals surface area contributed by atoms with Crippen LogP contribution in [0.5, 0.6) is 0 Å². The fraction of sp³-hybridized carbons (Fsp3) is 0.278. The first-order chi connectivity index (χ1) is 9.66. The van der Waals surface area contributed by atoms with E-state index in [0.717, 1.165) is 12.0 Å². The topological polar surface area (TPSA) is 29.1 Å². The Balaban J connectivity index is 1.90. The Morgan fingerprint density at radius 1 is 1.05 bits per heavy atom. The molecule has 2 nitrogen and oxygen atoms in total. The third-order valence-electron chi connectivity index (χ3n) is 3.36. The molecule has 0 aromatic heterocycles. The number of hydrogen-bond donors (Lipinski definition) is 1. The van der Waals surface area contributed by atoms with Crippen LogP contribution >= 0.6 is 0 Å². The fourth-order valence-electron chi connectivity index (χ4n) is 2.11. The normalized spacial score (nSPS) is 10.6. The van der Waals surface area contributed by atoms with Crippen LogP contribution in [0.25, 0.3) is 0 Å². The summed E-state index contributed by atoms with van der Waals surface area (Å²) in [5.41, 5.74) is 3.17. The zero-order valence-electron chi connectivity index (χ0n) is 12.1. The second-order valence-electron chi connectivity index (χ2n) is 5.27. The minimum atomic E-state index is 0.00318. The third-order valence-corrected chi connectivity index (χ3v) is 3.36. The van der Waals surface area contributed by atoms with Crippen LogP contribution in [0.4, 0.5) is 0 Å². The molecule has 2 aromatic rings. The van der Waals surface area contributed by atoms with Crippen LogP contribution < -0.4 is 5.32 Å². The summed E-state index contributed by atoms with van der Waals surface area (Å²) in [6.45, 7) is 4.92. The minimum absolute atomic E-state index is 0.00318. The molecule has 2 rings (SSSR count). The molecule has 1 amide bonds. The first-order valence-electron chi connectivity index (χ1n) is 7.09. The molecule has 0 bridgehead atoms. The third kappa shape index (κ3) is 3.95. The first-order valence-corrected chi connectivity index (χ1v) is 7.09. The molecule has 0 atom stereocenters. The van der Waals surface area contributed by atoms with Gasteiger partial charge in [-0.1, -0.05) is 56.3 Å². The van der Waals surface area contributed by atoms with Crippen LogP contribution in [-0.2, 0) is 6.42 Å². The average molecular weight is 267 g/mol. The molecule has 1 N–H and O–H groups in total. The van der Waals surface area contributed by atoms with Crippen LogP contribution in [0.3, 0.4) is 0 Å². The Morgan fingerprint density at radius 3 is 2.50 bits per heavy atom. The number of benzene rings is 2. The SMILES string of the molecule is CC(C)c1cccc(C(=O)NCCc2ccccc2)c1. The molecule has 20 heavy (non-hydrogen) atoms. The molecule has 0 saturated carbocycles. The van der Waals surface area contributed by atoms with Gasteiger partial charge in [-0.25, -0.2) is 0 Å². The van der Waals surface area contributed by atoms with Crippen molar-refractivity contribution in [3.05, 3.63) is 71.3 Å². The number of hydrogen-bond acceptors (Lipinski definition) is 1. The van der Waals surface area contributed by atoms with Crippen molar-refractivity contribution >= 4 is 5.91 Å². The maximum Gasteiger partial charge on any atom is 0.251 e. The van der Waals surface area contributed by atoms with Crippen molar-refractivity contribution in [3.8, 4) is 0 Å². The van der Waals surface area contributed by atoms with E-state index in [1.165, 1.54) is 11.1 Å². The highest BCUT2D eigenvalue weighted by atomic mass is 16.1. The van der Waals surface area contributed by atoms with E-state index in [1.54, 1.807) is 0 Å². The van der Waals surface area contributed by atoms with E-state index in [9.17, 15) is 4.79 Å². The summed E-state index contributed by atoms with van der Waals surface area (Å²) < 4.78 is 0. The molecule has 2 aromatic carbocycles. The van der Waals surface area contributed by atoms with Gasteiger partial charge in [-0.3, -0.25) is 4.79 Å². The van der Waals surface area contributed by atoms with E-state index in [4.69, 9.17) is 0 Å². The van der Waals surface area contributed by atoms with Gasteiger partial charge in [0.25, 0.3) is 5.91 Å². The molecule has 0 unspecified atom stereocenters. The molecular formula is C18H21NO. The van der Waals surface area contributed by atoms with Crippen molar-refractivity contribution < 1.29 is 4.79 Å². The van der Waals surface area contributed by atoms with Gasteiger partial charge in [-0.2, -0.15) is 0 Å². The van der Waals surface area contributed by atoms with Crippen molar-refractivity contribution in [1.82, 2.24) is 5.32 Å². The highest BCUT2D eigenvalue weighted by molar-refractivity contribution is 5.94. The van der Waals surface area contributed by atoms with Crippen molar-refractivity contribution in [2.45, 2.75) is 26.2 Å². The van der Waals surface area contributed by atoms with Gasteiger partial charge in [-0.05, 0) is 35.6 Å². The maximum atomic E-state index is 12.1. The average Bonchev–Trinajstić information content (AvgIpc) is 2.48. The van der Waals surface area contributed by atoms with Crippen LogP contribution in [-0.4, -0.2) is 12.5 Å². The van der Waals surface area contributed by atoms with Crippen molar-refractivity contribution in [2.75, 3.05) is 6.54 Å². The van der Waals surface area contributed by atoms with E-state index >= 15 is 0 Å². The van der Waals surface area contributed by atoms with Crippen LogP contribution in [0.1, 0.15) is 41.3 Å². The first kappa shape index (κ1) is 14.3. The van der Waals surface area contributed by atoms with Crippen LogP contribution in [0.2, 0.25) is 0 Å². The highest BCUT2D eigenvalue weighted by Gasteiger charge is 2.07. The molecule has 0 heterocycles. The van der Waals surface area contributed by atoms with Gasteiger partial charge in [0.05, 0.1) is 0 Å². The zero-order chi connectivity index (χ0) is 14.4. The van der Waals surface area contributed by atoms with E-state index in [-0.39, 0.29) is 5.91 Å². The van der Waals surface area contributed by atoms with E-state index in [1.807, 2.05) is 36.4 Å². The number of carbonyl (C=O) groups excluding carboxylic acids is 1. The quantitative estimate of drug-likeness (QED) is 0.877. The van der Waals surface area contributed by atoms with Gasteiger partial charge < -0.3 is 5.32 Å². The van der Waals surface area contributed by atoms with Gasteiger partial charge in [0.1, 0.15) is 0 Å². The second-order valence-corrected chi connectivity index (χ2v) is 5.27. The number of nitrogens with one attached hydrogen (secondary N) is 1. The van der Waals surface area contributed by atoms with Gasteiger partial charge >= 0.3 is 0 Å². The lowest BCUT2D eigenvalue weighted by Gasteiger charge is -2.09. The van der Waals surface area contributed by atoms with Crippen molar-refractivity contribution in [3.63, 3.8) is 0 Å². The van der Waals surface area contributed by atoms with Crippen molar-refractivity contribution in [2.24, 2.45) is 0 Å². The van der Waals surface area contributed by atoms with E-state index < -0.39 is 0 Å². The zero-order valence-corrected chi connectivity index (χ0v) is 12.1. The summed E-state index contributed by atoms with van der Waals surface area (Å²) in [7, 11) is 0. The molecular weight excluding hydrogens is 246 g/mol. The van der Waals surface area contributed by atoms with Gasteiger partial charge in [0.2, 0.25) is 0 Å². The largest absolute Gasteiger partial charge is 0.352 e. The summed E-state index contributed by atoms with van der Waals surface area (Å²) in [6.07, 6.45) is 0.858. The van der Waals surface area contributed by atoms with Gasteiger partial charge in [0, 0.05) is 12.1 Å². The smallest absolute Gasteiger partial charge is 0.251 e. The Kier molecular flexibility index (Phi) is 4.94. The highest BCUT2D eigenvalue weighted by Crippen LogP contribution is 2.15. The van der Waals surface area contributed by atoms with E-state index in [2.05, 4.69) is 37.4 Å². The number of carbonyl (C=O) groups is 1. The van der Waals surface area contributed by atoms with Gasteiger partial charge in [-0.15, -0.1) is 0 Å². The summed E-state index contributed by atoms with van der Waals surface area (Å²) in [5.74, 6) is 0.440. The number of amides is 1. The second kappa shape index (κ2) is 6.90. The molecule has 0 aliphatic rings. The predicted octanol–water partition coefficient (Wildman–Crippen LogP) is 3.78. The lowest BCUT2D eigenvalue weighted by atomic mass is 10.0. The fourth-order valence-corrected chi connectivity index (χ4v) is 2.11. The number of rotatable bonds is 5. The molecule has 0 saturated heterocycles. The van der Waals surface area contributed by atoms with Gasteiger partial charge in [0.15, 0.2) is 0 Å². The Bertz CT molecular complexity index is 561. The molecule has 104 valence electrons. The van der Waals surface area contributed by atoms with Crippen LogP contribution in [0.15, 0.2) is 54.6 Å². The lowest BCUT2D eigenvalue weighted by Crippen LogP contribution is -2.25. The maximum absolute atomic E-state index is 12.1. The summed E-state index contributed by atoms with van der Waals surface area (Å²) in [5, 5.41) is 2.97. The Labute approximate surface area is 120 Å². The summed E-state index contributed by atoms with van der Waals surface area (Å²) in [6, 6.07) is 18.0. The molecule has 0 fully saturated rings. The molecule has 2 heteroatoms. The molecule has 0 aliphatic carbocycles. The summed E-state index contributed by atoms with van der Waals surface area (Å²) >= 11 is 0. The predicted molar refractivity (Wildman–Crippen MR) is 83.0 cm³/mol. The molecule has 0 aliphatic heterocycles. The van der Waals surface area contributed by atoms with Crippen LogP contribution in [0, 0.1) is 0 Å². The lowest BCUT2D eigenvalue weighted by molar-refractivity contribution is 0.0954. The Hall–Kier alpha value is -2.09. The van der Waals surface area contributed by atoms with Crippen molar-refractivity contribution in [1.29, 1.82) is 0 Å². The Morgan fingerprint density at radius 2 is 1.80 bits per heavy atom. The standard InChI is InChI=1S/C18H21NO/c1-14(2)16-9-6-10-17(13-16)18(20)19-12-11-15-7-4-3-5-8-15/h3-10,13-14H,11-12H2,1-2H3,(H,19,20). The molecule has 0 radical (unpaired) electrons. The minimum Gasteiger partial charge on any atom is -0.352 e. The monoisotopic (exact) mass is 267 g/mol. The summed E-state index contributed by atoms with van der Waals surface area (Å²) in [4.78, 5) is 12.1. The van der Waals surface area contributed by atoms with E-state index in [0.29, 0.717) is 12.5 Å².